The fourth-order valence-electron chi connectivity index (χ4n) is 2.34. The van der Waals surface area contributed by atoms with Gasteiger partial charge in [0, 0.05) is 15.4 Å². The molecule has 3 rings (SSSR count). The quantitative estimate of drug-likeness (QED) is 0.671. The Hall–Kier alpha value is -1.84. The zero-order valence-electron chi connectivity index (χ0n) is 11.7. The molecule has 1 N–H and O–H groups in total. The molecule has 4 heteroatoms. The number of hydrogen-bond acceptors (Lipinski definition) is 2. The summed E-state index contributed by atoms with van der Waals surface area (Å²) >= 11 is 7.46. The minimum Gasteiger partial charge on any atom is -0.321 e. The largest absolute Gasteiger partial charge is 0.321 e. The minimum absolute atomic E-state index is 0.0703. The van der Waals surface area contributed by atoms with Crippen LogP contribution in [0.25, 0.3) is 10.1 Å². The first kappa shape index (κ1) is 14.1. The Morgan fingerprint density at radius 2 is 1.90 bits per heavy atom. The SMILES string of the molecule is Cc1cc(Cl)ccc1NC(=O)c1sc2ccccc2c1C. The third-order valence-corrected chi connectivity index (χ3v) is 4.99. The first-order chi connectivity index (χ1) is 10.1. The molecule has 1 heterocycles. The molecule has 0 atom stereocenters. The highest BCUT2D eigenvalue weighted by Crippen LogP contribution is 2.31. The molecule has 2 nitrogen and oxygen atoms in total. The molecule has 0 radical (unpaired) electrons. The number of halogens is 1. The summed E-state index contributed by atoms with van der Waals surface area (Å²) < 4.78 is 1.13. The number of aryl methyl sites for hydroxylation is 2. The average molecular weight is 316 g/mol. The first-order valence-corrected chi connectivity index (χ1v) is 7.81. The maximum atomic E-state index is 12.5. The predicted octanol–water partition coefficient (Wildman–Crippen LogP) is 5.42. The van der Waals surface area contributed by atoms with Gasteiger partial charge in [0.25, 0.3) is 5.91 Å². The van der Waals surface area contributed by atoms with Crippen LogP contribution in [0.3, 0.4) is 0 Å². The van der Waals surface area contributed by atoms with Gasteiger partial charge in [-0.2, -0.15) is 0 Å². The minimum atomic E-state index is -0.0703. The van der Waals surface area contributed by atoms with Crippen LogP contribution in [0, 0.1) is 13.8 Å². The summed E-state index contributed by atoms with van der Waals surface area (Å²) in [6, 6.07) is 13.5. The normalized spacial score (nSPS) is 10.8. The number of hydrogen-bond donors (Lipinski definition) is 1. The fraction of sp³-hybridized carbons (Fsp3) is 0.118. The zero-order chi connectivity index (χ0) is 15.0. The average Bonchev–Trinajstić information content (AvgIpc) is 2.80. The van der Waals surface area contributed by atoms with E-state index in [4.69, 9.17) is 11.6 Å². The number of carbonyl (C=O) groups excluding carboxylic acids is 1. The third-order valence-electron chi connectivity index (χ3n) is 3.49. The zero-order valence-corrected chi connectivity index (χ0v) is 13.3. The van der Waals surface area contributed by atoms with E-state index in [2.05, 4.69) is 5.32 Å². The monoisotopic (exact) mass is 315 g/mol. The lowest BCUT2D eigenvalue weighted by molar-refractivity contribution is 0.103. The van der Waals surface area contributed by atoms with Crippen molar-refractivity contribution in [3.8, 4) is 0 Å². The molecule has 1 amide bonds. The highest BCUT2D eigenvalue weighted by molar-refractivity contribution is 7.21. The molecule has 21 heavy (non-hydrogen) atoms. The van der Waals surface area contributed by atoms with Crippen LogP contribution in [-0.4, -0.2) is 5.91 Å². The van der Waals surface area contributed by atoms with Gasteiger partial charge in [-0.3, -0.25) is 4.79 Å². The summed E-state index contributed by atoms with van der Waals surface area (Å²) in [5.41, 5.74) is 2.77. The van der Waals surface area contributed by atoms with Crippen LogP contribution in [0.5, 0.6) is 0 Å². The molecule has 0 bridgehead atoms. The second-order valence-corrected chi connectivity index (χ2v) is 6.45. The van der Waals surface area contributed by atoms with Crippen molar-refractivity contribution in [2.75, 3.05) is 5.32 Å². The number of fused-ring (bicyclic) bond motifs is 1. The van der Waals surface area contributed by atoms with E-state index in [0.29, 0.717) is 5.02 Å². The van der Waals surface area contributed by atoms with Crippen molar-refractivity contribution in [3.63, 3.8) is 0 Å². The number of amides is 1. The smallest absolute Gasteiger partial charge is 0.266 e. The third kappa shape index (κ3) is 2.67. The molecule has 2 aromatic carbocycles. The van der Waals surface area contributed by atoms with Crippen molar-refractivity contribution in [2.45, 2.75) is 13.8 Å². The Bertz CT molecular complexity index is 838. The van der Waals surface area contributed by atoms with E-state index in [9.17, 15) is 4.79 Å². The maximum absolute atomic E-state index is 12.5. The van der Waals surface area contributed by atoms with Gasteiger partial charge in [-0.15, -0.1) is 11.3 Å². The predicted molar refractivity (Wildman–Crippen MR) is 90.7 cm³/mol. The number of anilines is 1. The molecule has 0 spiro atoms. The molecule has 1 aromatic heterocycles. The fourth-order valence-corrected chi connectivity index (χ4v) is 3.67. The lowest BCUT2D eigenvalue weighted by Crippen LogP contribution is -2.12. The summed E-state index contributed by atoms with van der Waals surface area (Å²) in [6.07, 6.45) is 0. The molecule has 0 aliphatic rings. The van der Waals surface area contributed by atoms with Gasteiger partial charge in [-0.05, 0) is 54.6 Å². The first-order valence-electron chi connectivity index (χ1n) is 6.62. The summed E-state index contributed by atoms with van der Waals surface area (Å²) in [7, 11) is 0. The van der Waals surface area contributed by atoms with Crippen molar-refractivity contribution in [3.05, 3.63) is 63.5 Å². The summed E-state index contributed by atoms with van der Waals surface area (Å²) in [5.74, 6) is -0.0703. The van der Waals surface area contributed by atoms with E-state index in [1.165, 1.54) is 11.3 Å². The Kier molecular flexibility index (Phi) is 3.70. The molecular formula is C17H14ClNOS. The van der Waals surface area contributed by atoms with E-state index in [0.717, 1.165) is 31.8 Å². The summed E-state index contributed by atoms with van der Waals surface area (Å²) in [4.78, 5) is 13.3. The van der Waals surface area contributed by atoms with Gasteiger partial charge in [0.05, 0.1) is 4.88 Å². The molecule has 0 aliphatic heterocycles. The van der Waals surface area contributed by atoms with Crippen LogP contribution in [0.1, 0.15) is 20.8 Å². The van der Waals surface area contributed by atoms with Crippen molar-refractivity contribution in [2.24, 2.45) is 0 Å². The van der Waals surface area contributed by atoms with Gasteiger partial charge >= 0.3 is 0 Å². The van der Waals surface area contributed by atoms with Crippen LogP contribution in [0.4, 0.5) is 5.69 Å². The lowest BCUT2D eigenvalue weighted by Gasteiger charge is -2.08. The topological polar surface area (TPSA) is 29.1 Å². The van der Waals surface area contributed by atoms with E-state index >= 15 is 0 Å². The van der Waals surface area contributed by atoms with Crippen molar-refractivity contribution < 1.29 is 4.79 Å². The highest BCUT2D eigenvalue weighted by Gasteiger charge is 2.15. The van der Waals surface area contributed by atoms with E-state index < -0.39 is 0 Å². The molecule has 0 aliphatic carbocycles. The van der Waals surface area contributed by atoms with Gasteiger partial charge in [-0.25, -0.2) is 0 Å². The van der Waals surface area contributed by atoms with Crippen molar-refractivity contribution >= 4 is 44.6 Å². The van der Waals surface area contributed by atoms with Crippen molar-refractivity contribution in [1.29, 1.82) is 0 Å². The second-order valence-electron chi connectivity index (χ2n) is 4.97. The van der Waals surface area contributed by atoms with Gasteiger partial charge in [0.15, 0.2) is 0 Å². The molecule has 0 unspecified atom stereocenters. The summed E-state index contributed by atoms with van der Waals surface area (Å²) in [6.45, 7) is 3.92. The lowest BCUT2D eigenvalue weighted by atomic mass is 10.1. The van der Waals surface area contributed by atoms with Gasteiger partial charge in [0.2, 0.25) is 0 Å². The van der Waals surface area contributed by atoms with Crippen LogP contribution in [-0.2, 0) is 0 Å². The van der Waals surface area contributed by atoms with Gasteiger partial charge in [-0.1, -0.05) is 29.8 Å². The van der Waals surface area contributed by atoms with Crippen LogP contribution in [0.2, 0.25) is 5.02 Å². The number of benzene rings is 2. The number of rotatable bonds is 2. The number of thiophene rings is 1. The standard InChI is InChI=1S/C17H14ClNOS/c1-10-9-12(18)7-8-14(10)19-17(20)16-11(2)13-5-3-4-6-15(13)21-16/h3-9H,1-2H3,(H,19,20). The number of nitrogens with one attached hydrogen (secondary N) is 1. The Morgan fingerprint density at radius 3 is 2.62 bits per heavy atom. The molecule has 0 fully saturated rings. The molecular weight excluding hydrogens is 302 g/mol. The Morgan fingerprint density at radius 1 is 1.14 bits per heavy atom. The highest BCUT2D eigenvalue weighted by atomic mass is 35.5. The second kappa shape index (κ2) is 5.51. The van der Waals surface area contributed by atoms with E-state index in [1.54, 1.807) is 6.07 Å². The van der Waals surface area contributed by atoms with Crippen LogP contribution in [0.15, 0.2) is 42.5 Å². The maximum Gasteiger partial charge on any atom is 0.266 e. The Balaban J connectivity index is 1.95. The van der Waals surface area contributed by atoms with E-state index in [-0.39, 0.29) is 5.91 Å². The molecule has 0 saturated carbocycles. The summed E-state index contributed by atoms with van der Waals surface area (Å²) in [5, 5.41) is 4.78. The van der Waals surface area contributed by atoms with E-state index in [1.807, 2.05) is 50.2 Å². The molecule has 0 saturated heterocycles. The van der Waals surface area contributed by atoms with Crippen LogP contribution >= 0.6 is 22.9 Å². The van der Waals surface area contributed by atoms with Gasteiger partial charge in [0.1, 0.15) is 0 Å². The number of carbonyl (C=O) groups is 1. The molecule has 3 aromatic rings. The van der Waals surface area contributed by atoms with Gasteiger partial charge < -0.3 is 5.32 Å². The van der Waals surface area contributed by atoms with Crippen molar-refractivity contribution in [1.82, 2.24) is 0 Å². The molecule has 106 valence electrons. The Labute approximate surface area is 132 Å². The van der Waals surface area contributed by atoms with Crippen LogP contribution < -0.4 is 5.32 Å².